The predicted molar refractivity (Wildman–Crippen MR) is 73.1 cm³/mol. The van der Waals surface area contributed by atoms with E-state index in [1.54, 1.807) is 13.0 Å². The summed E-state index contributed by atoms with van der Waals surface area (Å²) in [5.41, 5.74) is 0. The summed E-state index contributed by atoms with van der Waals surface area (Å²) in [4.78, 5) is 36.6. The second-order valence-electron chi connectivity index (χ2n) is 3.96. The van der Waals surface area contributed by atoms with Crippen LogP contribution >= 0.6 is 15.6 Å². The molecule has 1 unspecified atom stereocenters. The second-order valence-corrected chi connectivity index (χ2v) is 6.79. The zero-order valence-corrected chi connectivity index (χ0v) is 13.4. The highest BCUT2D eigenvalue weighted by Gasteiger charge is 2.31. The van der Waals surface area contributed by atoms with Crippen molar-refractivity contribution in [1.29, 1.82) is 0 Å². The van der Waals surface area contributed by atoms with E-state index in [9.17, 15) is 13.9 Å². The van der Waals surface area contributed by atoms with E-state index >= 15 is 0 Å². The minimum atomic E-state index is -5.07. The molecule has 21 heavy (non-hydrogen) atoms. The number of ether oxygens (including phenoxy) is 1. The summed E-state index contributed by atoms with van der Waals surface area (Å²) in [6.07, 6.45) is 5.27. The highest BCUT2D eigenvalue weighted by molar-refractivity contribution is 7.60. The van der Waals surface area contributed by atoms with Gasteiger partial charge in [0.15, 0.2) is 0 Å². The molecule has 0 spiro atoms. The molecule has 0 fully saturated rings. The lowest BCUT2D eigenvalue weighted by molar-refractivity contribution is -0.137. The fourth-order valence-corrected chi connectivity index (χ4v) is 2.88. The molecule has 0 saturated heterocycles. The average molecular weight is 346 g/mol. The van der Waals surface area contributed by atoms with Gasteiger partial charge in [0.25, 0.3) is 0 Å². The van der Waals surface area contributed by atoms with E-state index in [4.69, 9.17) is 19.4 Å². The number of allylic oxidation sites excluding steroid dienone is 1. The summed E-state index contributed by atoms with van der Waals surface area (Å²) in [5.74, 6) is -0.406. The van der Waals surface area contributed by atoms with Gasteiger partial charge in [-0.25, -0.2) is 13.9 Å². The molecule has 0 aromatic rings. The van der Waals surface area contributed by atoms with Gasteiger partial charge in [0.2, 0.25) is 0 Å². The molecule has 0 aromatic carbocycles. The zero-order valence-electron chi connectivity index (χ0n) is 11.6. The number of unbranched alkanes of at least 4 members (excludes halogenated alkanes) is 3. The van der Waals surface area contributed by atoms with Crippen molar-refractivity contribution in [2.24, 2.45) is 0 Å². The second kappa shape index (κ2) is 10.2. The summed E-state index contributed by atoms with van der Waals surface area (Å²) in [7, 11) is -9.80. The number of carbonyl (C=O) groups excluding carboxylic acids is 1. The maximum Gasteiger partial charge on any atom is 0.481 e. The largest absolute Gasteiger partial charge is 0.481 e. The SMILES string of the molecule is CC=CC(=O)OCCCCCCOP(=O)(O)OP(=O)(O)O. The third-order valence-corrected chi connectivity index (χ3v) is 4.23. The van der Waals surface area contributed by atoms with Crippen LogP contribution in [0.1, 0.15) is 32.6 Å². The van der Waals surface area contributed by atoms with E-state index in [0.29, 0.717) is 25.7 Å². The summed E-state index contributed by atoms with van der Waals surface area (Å²) >= 11 is 0. The maximum absolute atomic E-state index is 11.1. The molecule has 0 rings (SSSR count). The molecule has 0 bridgehead atoms. The van der Waals surface area contributed by atoms with Gasteiger partial charge in [-0.05, 0) is 26.2 Å². The van der Waals surface area contributed by atoms with Crippen molar-refractivity contribution < 1.29 is 42.2 Å². The molecule has 9 nitrogen and oxygen atoms in total. The number of hydrogen-bond acceptors (Lipinski definition) is 6. The fourth-order valence-electron chi connectivity index (χ4n) is 1.25. The summed E-state index contributed by atoms with van der Waals surface area (Å²) < 4.78 is 34.3. The summed E-state index contributed by atoms with van der Waals surface area (Å²) in [6.45, 7) is 1.81. The molecule has 0 aliphatic rings. The monoisotopic (exact) mass is 346 g/mol. The van der Waals surface area contributed by atoms with Gasteiger partial charge < -0.3 is 19.4 Å². The Hall–Kier alpha value is -0.530. The van der Waals surface area contributed by atoms with Gasteiger partial charge in [-0.15, -0.1) is 0 Å². The Labute approximate surface area is 122 Å². The molecule has 0 heterocycles. The third-order valence-electron chi connectivity index (χ3n) is 2.05. The Bertz CT molecular complexity index is 428. The first kappa shape index (κ1) is 20.5. The van der Waals surface area contributed by atoms with Crippen LogP contribution in [0.3, 0.4) is 0 Å². The minimum Gasteiger partial charge on any atom is -0.463 e. The average Bonchev–Trinajstić information content (AvgIpc) is 2.29. The van der Waals surface area contributed by atoms with E-state index in [0.717, 1.165) is 0 Å². The summed E-state index contributed by atoms with van der Waals surface area (Å²) in [5, 5.41) is 0. The topological polar surface area (TPSA) is 140 Å². The normalized spacial score (nSPS) is 15.0. The van der Waals surface area contributed by atoms with Gasteiger partial charge >= 0.3 is 21.6 Å². The number of carbonyl (C=O) groups is 1. The van der Waals surface area contributed by atoms with Gasteiger partial charge in [0.05, 0.1) is 13.2 Å². The van der Waals surface area contributed by atoms with Gasteiger partial charge in [0.1, 0.15) is 0 Å². The van der Waals surface area contributed by atoms with Crippen molar-refractivity contribution in [2.45, 2.75) is 32.6 Å². The Morgan fingerprint density at radius 3 is 2.14 bits per heavy atom. The van der Waals surface area contributed by atoms with Crippen molar-refractivity contribution in [3.05, 3.63) is 12.2 Å². The molecule has 0 aliphatic carbocycles. The van der Waals surface area contributed by atoms with Crippen molar-refractivity contribution in [3.8, 4) is 0 Å². The predicted octanol–water partition coefficient (Wildman–Crippen LogP) is 1.89. The Morgan fingerprint density at radius 1 is 1.05 bits per heavy atom. The first-order chi connectivity index (χ1) is 9.66. The van der Waals surface area contributed by atoms with Crippen LogP contribution in [0.15, 0.2) is 12.2 Å². The standard InChI is InChI=1S/C10H20O9P2/c1-2-7-10(11)17-8-5-3-4-6-9-18-21(15,16)19-20(12,13)14/h2,7H,3-6,8-9H2,1H3,(H,15,16)(H2,12,13,14). The minimum absolute atomic E-state index is 0.174. The van der Waals surface area contributed by atoms with E-state index in [-0.39, 0.29) is 13.2 Å². The van der Waals surface area contributed by atoms with Crippen LogP contribution in [0.5, 0.6) is 0 Å². The van der Waals surface area contributed by atoms with Crippen molar-refractivity contribution in [1.82, 2.24) is 0 Å². The Balaban J connectivity index is 3.58. The van der Waals surface area contributed by atoms with Gasteiger partial charge in [0, 0.05) is 6.08 Å². The van der Waals surface area contributed by atoms with Crippen molar-refractivity contribution >= 4 is 21.6 Å². The highest BCUT2D eigenvalue weighted by Crippen LogP contribution is 2.57. The lowest BCUT2D eigenvalue weighted by Crippen LogP contribution is -2.02. The molecule has 0 aromatic heterocycles. The number of hydrogen-bond donors (Lipinski definition) is 3. The van der Waals surface area contributed by atoms with Gasteiger partial charge in [-0.3, -0.25) is 4.52 Å². The molecule has 0 amide bonds. The smallest absolute Gasteiger partial charge is 0.463 e. The molecule has 3 N–H and O–H groups in total. The van der Waals surface area contributed by atoms with Crippen LogP contribution in [0.2, 0.25) is 0 Å². The molecule has 124 valence electrons. The van der Waals surface area contributed by atoms with E-state index in [1.165, 1.54) is 6.08 Å². The maximum atomic E-state index is 11.1. The number of rotatable bonds is 11. The molecule has 1 atom stereocenters. The van der Waals surface area contributed by atoms with Crippen molar-refractivity contribution in [3.63, 3.8) is 0 Å². The van der Waals surface area contributed by atoms with Gasteiger partial charge in [-0.2, -0.15) is 4.31 Å². The number of esters is 1. The fraction of sp³-hybridized carbons (Fsp3) is 0.700. The molecular weight excluding hydrogens is 326 g/mol. The lowest BCUT2D eigenvalue weighted by Gasteiger charge is -2.12. The zero-order chi connectivity index (χ0) is 16.4. The molecule has 0 saturated carbocycles. The van der Waals surface area contributed by atoms with Crippen LogP contribution in [-0.2, 0) is 27.5 Å². The van der Waals surface area contributed by atoms with Crippen molar-refractivity contribution in [2.75, 3.05) is 13.2 Å². The van der Waals surface area contributed by atoms with Crippen LogP contribution in [-0.4, -0.2) is 33.9 Å². The van der Waals surface area contributed by atoms with E-state index in [2.05, 4.69) is 8.83 Å². The van der Waals surface area contributed by atoms with Crippen LogP contribution in [0, 0.1) is 0 Å². The molecule has 11 heteroatoms. The Morgan fingerprint density at radius 2 is 1.62 bits per heavy atom. The number of phosphoric acid groups is 2. The lowest BCUT2D eigenvalue weighted by atomic mass is 10.2. The van der Waals surface area contributed by atoms with Crippen LogP contribution in [0.4, 0.5) is 0 Å². The Kier molecular flexibility index (Phi) is 9.98. The summed E-state index contributed by atoms with van der Waals surface area (Å²) in [6, 6.07) is 0. The van der Waals surface area contributed by atoms with Crippen LogP contribution in [0.25, 0.3) is 0 Å². The molecule has 0 radical (unpaired) electrons. The third kappa shape index (κ3) is 14.2. The highest BCUT2D eigenvalue weighted by atomic mass is 31.3. The number of phosphoric ester groups is 1. The quantitative estimate of drug-likeness (QED) is 0.221. The van der Waals surface area contributed by atoms with Crippen LogP contribution < -0.4 is 0 Å². The first-order valence-corrected chi connectivity index (χ1v) is 9.22. The first-order valence-electron chi connectivity index (χ1n) is 6.20. The molecular formula is C10H20O9P2. The molecule has 0 aliphatic heterocycles. The van der Waals surface area contributed by atoms with Gasteiger partial charge in [-0.1, -0.05) is 12.5 Å². The van der Waals surface area contributed by atoms with E-state index < -0.39 is 21.6 Å². The van der Waals surface area contributed by atoms with E-state index in [1.807, 2.05) is 0 Å².